The molecule has 0 radical (unpaired) electrons. The van der Waals surface area contributed by atoms with E-state index in [1.165, 1.54) is 0 Å². The minimum absolute atomic E-state index is 0.384. The Labute approximate surface area is 102 Å². The lowest BCUT2D eigenvalue weighted by Crippen LogP contribution is -2.33. The van der Waals surface area contributed by atoms with Crippen molar-refractivity contribution in [3.8, 4) is 0 Å². The van der Waals surface area contributed by atoms with Gasteiger partial charge in [-0.3, -0.25) is 4.68 Å². The zero-order chi connectivity index (χ0) is 13.1. The van der Waals surface area contributed by atoms with Crippen molar-refractivity contribution >= 4 is 6.09 Å². The summed E-state index contributed by atoms with van der Waals surface area (Å²) in [6.07, 6.45) is 0.325. The predicted octanol–water partition coefficient (Wildman–Crippen LogP) is 1.80. The maximum Gasteiger partial charge on any atom is 0.407 e. The summed E-state index contributed by atoms with van der Waals surface area (Å²) in [5.74, 6) is 0. The number of ether oxygens (including phenoxy) is 1. The van der Waals surface area contributed by atoms with Gasteiger partial charge in [-0.2, -0.15) is 5.10 Å². The van der Waals surface area contributed by atoms with Gasteiger partial charge in [0.25, 0.3) is 0 Å². The molecule has 0 saturated heterocycles. The molecule has 5 heteroatoms. The van der Waals surface area contributed by atoms with Crippen LogP contribution in [0.15, 0.2) is 6.07 Å². The Bertz CT molecular complexity index is 371. The van der Waals surface area contributed by atoms with Gasteiger partial charge in [0, 0.05) is 25.7 Å². The number of hydrogen-bond acceptors (Lipinski definition) is 3. The maximum absolute atomic E-state index is 11.4. The molecule has 1 rings (SSSR count). The lowest BCUT2D eigenvalue weighted by molar-refractivity contribution is 0.0528. The summed E-state index contributed by atoms with van der Waals surface area (Å²) in [4.78, 5) is 11.4. The van der Waals surface area contributed by atoms with E-state index < -0.39 is 5.60 Å². The summed E-state index contributed by atoms with van der Waals surface area (Å²) in [6.45, 7) is 8.06. The second kappa shape index (κ2) is 5.21. The van der Waals surface area contributed by atoms with Crippen molar-refractivity contribution in [2.24, 2.45) is 7.05 Å². The van der Waals surface area contributed by atoms with Crippen LogP contribution in [0, 0.1) is 6.92 Å². The number of carbonyl (C=O) groups excluding carboxylic acids is 1. The van der Waals surface area contributed by atoms with Gasteiger partial charge in [-0.05, 0) is 33.8 Å². The number of aryl methyl sites for hydroxylation is 2. The molecule has 96 valence electrons. The highest BCUT2D eigenvalue weighted by atomic mass is 16.6. The molecule has 0 aliphatic heterocycles. The maximum atomic E-state index is 11.4. The molecule has 0 bridgehead atoms. The lowest BCUT2D eigenvalue weighted by atomic mass is 10.2. The number of rotatable bonds is 3. The molecule has 0 atom stereocenters. The normalized spacial score (nSPS) is 11.4. The standard InChI is InChI=1S/C12H21N3O2/c1-9-8-10(14-15(9)5)6-7-13-11(16)17-12(2,3)4/h8H,6-7H2,1-5H3,(H,13,16). The van der Waals surface area contributed by atoms with Gasteiger partial charge in [-0.25, -0.2) is 4.79 Å². The number of nitrogens with zero attached hydrogens (tertiary/aromatic N) is 2. The summed E-state index contributed by atoms with van der Waals surface area (Å²) in [5.41, 5.74) is 1.63. The van der Waals surface area contributed by atoms with Gasteiger partial charge in [0.15, 0.2) is 0 Å². The highest BCUT2D eigenvalue weighted by Gasteiger charge is 2.15. The van der Waals surface area contributed by atoms with Crippen LogP contribution in [0.25, 0.3) is 0 Å². The summed E-state index contributed by atoms with van der Waals surface area (Å²) < 4.78 is 6.95. The van der Waals surface area contributed by atoms with E-state index >= 15 is 0 Å². The average molecular weight is 239 g/mol. The molecule has 0 fully saturated rings. The second-order valence-corrected chi connectivity index (χ2v) is 5.08. The third kappa shape index (κ3) is 4.89. The van der Waals surface area contributed by atoms with E-state index in [-0.39, 0.29) is 6.09 Å². The van der Waals surface area contributed by atoms with Crippen molar-refractivity contribution in [1.82, 2.24) is 15.1 Å². The summed E-state index contributed by atoms with van der Waals surface area (Å²) in [6, 6.07) is 2.01. The molecule has 5 nitrogen and oxygen atoms in total. The first-order chi connectivity index (χ1) is 7.78. The Morgan fingerprint density at radius 2 is 2.18 bits per heavy atom. The topological polar surface area (TPSA) is 56.1 Å². The SMILES string of the molecule is Cc1cc(CCNC(=O)OC(C)(C)C)nn1C. The van der Waals surface area contributed by atoms with Crippen molar-refractivity contribution < 1.29 is 9.53 Å². The van der Waals surface area contributed by atoms with Gasteiger partial charge < -0.3 is 10.1 Å². The van der Waals surface area contributed by atoms with Crippen molar-refractivity contribution in [2.75, 3.05) is 6.54 Å². The average Bonchev–Trinajstić information content (AvgIpc) is 2.43. The number of hydrogen-bond donors (Lipinski definition) is 1. The molecule has 0 unspecified atom stereocenters. The fourth-order valence-corrected chi connectivity index (χ4v) is 1.36. The summed E-state index contributed by atoms with van der Waals surface area (Å²) >= 11 is 0. The van der Waals surface area contributed by atoms with Gasteiger partial charge in [-0.15, -0.1) is 0 Å². The lowest BCUT2D eigenvalue weighted by Gasteiger charge is -2.19. The van der Waals surface area contributed by atoms with Gasteiger partial charge in [0.2, 0.25) is 0 Å². The smallest absolute Gasteiger partial charge is 0.407 e. The quantitative estimate of drug-likeness (QED) is 0.875. The van der Waals surface area contributed by atoms with Crippen LogP contribution in [0.1, 0.15) is 32.2 Å². The number of amides is 1. The summed E-state index contributed by atoms with van der Waals surface area (Å²) in [5, 5.41) is 7.01. The van der Waals surface area contributed by atoms with Crippen LogP contribution >= 0.6 is 0 Å². The first-order valence-corrected chi connectivity index (χ1v) is 5.74. The zero-order valence-electron chi connectivity index (χ0n) is 11.2. The van der Waals surface area contributed by atoms with Crippen LogP contribution in [0.5, 0.6) is 0 Å². The molecule has 0 spiro atoms. The third-order valence-corrected chi connectivity index (χ3v) is 2.21. The minimum atomic E-state index is -0.453. The van der Waals surface area contributed by atoms with E-state index in [0.29, 0.717) is 13.0 Å². The third-order valence-electron chi connectivity index (χ3n) is 2.21. The molecule has 0 aromatic carbocycles. The van der Waals surface area contributed by atoms with E-state index in [9.17, 15) is 4.79 Å². The first-order valence-electron chi connectivity index (χ1n) is 5.74. The van der Waals surface area contributed by atoms with Crippen LogP contribution in [0.3, 0.4) is 0 Å². The Kier molecular flexibility index (Phi) is 4.15. The molecule has 1 aromatic heterocycles. The molecule has 17 heavy (non-hydrogen) atoms. The minimum Gasteiger partial charge on any atom is -0.444 e. The van der Waals surface area contributed by atoms with Gasteiger partial charge in [0.1, 0.15) is 5.60 Å². The fraction of sp³-hybridized carbons (Fsp3) is 0.667. The Morgan fingerprint density at radius 1 is 1.53 bits per heavy atom. The second-order valence-electron chi connectivity index (χ2n) is 5.08. The summed E-state index contributed by atoms with van der Waals surface area (Å²) in [7, 11) is 1.90. The van der Waals surface area contributed by atoms with E-state index in [2.05, 4.69) is 10.4 Å². The van der Waals surface area contributed by atoms with Gasteiger partial charge in [0.05, 0.1) is 5.69 Å². The molecular formula is C12H21N3O2. The van der Waals surface area contributed by atoms with Crippen molar-refractivity contribution in [3.05, 3.63) is 17.5 Å². The molecule has 1 aromatic rings. The largest absolute Gasteiger partial charge is 0.444 e. The van der Waals surface area contributed by atoms with Crippen LogP contribution in [-0.4, -0.2) is 28.0 Å². The number of alkyl carbamates (subject to hydrolysis) is 1. The number of nitrogens with one attached hydrogen (secondary N) is 1. The van der Waals surface area contributed by atoms with Crippen LogP contribution in [0.4, 0.5) is 4.79 Å². The fourth-order valence-electron chi connectivity index (χ4n) is 1.36. The monoisotopic (exact) mass is 239 g/mol. The molecule has 0 aliphatic carbocycles. The molecule has 0 aliphatic rings. The van der Waals surface area contributed by atoms with Crippen LogP contribution in [-0.2, 0) is 18.2 Å². The molecule has 1 amide bonds. The van der Waals surface area contributed by atoms with Crippen molar-refractivity contribution in [1.29, 1.82) is 0 Å². The Morgan fingerprint density at radius 3 is 2.65 bits per heavy atom. The molecule has 1 heterocycles. The molecule has 1 N–H and O–H groups in total. The van der Waals surface area contributed by atoms with Crippen LogP contribution < -0.4 is 5.32 Å². The Balaban J connectivity index is 2.31. The number of carbonyl (C=O) groups is 1. The van der Waals surface area contributed by atoms with Crippen LogP contribution in [0.2, 0.25) is 0 Å². The molecule has 0 saturated carbocycles. The number of aromatic nitrogens is 2. The van der Waals surface area contributed by atoms with Gasteiger partial charge >= 0.3 is 6.09 Å². The van der Waals surface area contributed by atoms with E-state index in [1.807, 2.05) is 45.5 Å². The zero-order valence-corrected chi connectivity index (χ0v) is 11.2. The Hall–Kier alpha value is -1.52. The van der Waals surface area contributed by atoms with E-state index in [1.54, 1.807) is 0 Å². The predicted molar refractivity (Wildman–Crippen MR) is 65.9 cm³/mol. The highest BCUT2D eigenvalue weighted by molar-refractivity contribution is 5.67. The van der Waals surface area contributed by atoms with Gasteiger partial charge in [-0.1, -0.05) is 0 Å². The van der Waals surface area contributed by atoms with Crippen molar-refractivity contribution in [2.45, 2.75) is 39.7 Å². The first kappa shape index (κ1) is 13.5. The van der Waals surface area contributed by atoms with E-state index in [0.717, 1.165) is 11.4 Å². The molecular weight excluding hydrogens is 218 g/mol. The van der Waals surface area contributed by atoms with E-state index in [4.69, 9.17) is 4.74 Å². The highest BCUT2D eigenvalue weighted by Crippen LogP contribution is 2.06. The van der Waals surface area contributed by atoms with Crippen molar-refractivity contribution in [3.63, 3.8) is 0 Å².